The fourth-order valence-corrected chi connectivity index (χ4v) is 3.04. The summed E-state index contributed by atoms with van der Waals surface area (Å²) in [6.07, 6.45) is 4.74. The third-order valence-corrected chi connectivity index (χ3v) is 4.46. The van der Waals surface area contributed by atoms with E-state index >= 15 is 0 Å². The van der Waals surface area contributed by atoms with Gasteiger partial charge < -0.3 is 20.2 Å². The number of phenolic OH excluding ortho intramolecular Hbond substituents is 1. The highest BCUT2D eigenvalue weighted by molar-refractivity contribution is 5.76. The lowest BCUT2D eigenvalue weighted by atomic mass is 10.2. The number of benzene rings is 1. The molecule has 1 heterocycles. The minimum Gasteiger partial charge on any atom is -0.506 e. The lowest BCUT2D eigenvalue weighted by Gasteiger charge is -2.33. The molecule has 1 aliphatic heterocycles. The number of amides is 1. The fraction of sp³-hybridized carbons (Fsp3) is 0.611. The molecule has 0 spiro atoms. The number of aromatic hydroxyl groups is 1. The third kappa shape index (κ3) is 5.75. The first-order chi connectivity index (χ1) is 11.2. The minimum atomic E-state index is 0.160. The Bertz CT molecular complexity index is 485. The topological polar surface area (TPSA) is 57.0 Å². The molecule has 0 radical (unpaired) electrons. The van der Waals surface area contributed by atoms with Gasteiger partial charge >= 0.3 is 0 Å². The Balaban J connectivity index is 1.66. The number of nitrogens with one attached hydrogen (secondary N) is 2. The number of unbranched alkanes of at least 4 members (excludes halogenated alkanes) is 3. The van der Waals surface area contributed by atoms with Gasteiger partial charge in [-0.05, 0) is 18.6 Å². The van der Waals surface area contributed by atoms with Crippen LogP contribution in [0.25, 0.3) is 0 Å². The molecule has 0 aromatic heterocycles. The first-order valence-corrected chi connectivity index (χ1v) is 8.84. The second-order valence-corrected chi connectivity index (χ2v) is 6.31. The summed E-state index contributed by atoms with van der Waals surface area (Å²) in [6.45, 7) is 7.15. The van der Waals surface area contributed by atoms with Crippen molar-refractivity contribution in [2.75, 3.05) is 44.2 Å². The average molecular weight is 320 g/mol. The van der Waals surface area contributed by atoms with Crippen LogP contribution in [0.4, 0.5) is 5.69 Å². The normalized spacial score (nSPS) is 15.6. The number of nitrogens with zero attached hydrogens (tertiary/aromatic N) is 1. The summed E-state index contributed by atoms with van der Waals surface area (Å²) in [7, 11) is 0. The number of carbonyl (C=O) groups is 1. The van der Waals surface area contributed by atoms with E-state index in [1.54, 1.807) is 6.07 Å². The molecular weight excluding hydrogens is 290 g/mol. The molecule has 1 amide bonds. The van der Waals surface area contributed by atoms with Crippen LogP contribution in [0.2, 0.25) is 0 Å². The highest BCUT2D eigenvalue weighted by Gasteiger charge is 2.23. The van der Waals surface area contributed by atoms with Crippen LogP contribution in [0.5, 0.6) is 5.75 Å². The second-order valence-electron chi connectivity index (χ2n) is 6.31. The summed E-state index contributed by atoms with van der Waals surface area (Å²) in [4.78, 5) is 15.5. The van der Waals surface area contributed by atoms with Crippen molar-refractivity contribution in [3.05, 3.63) is 24.3 Å². The molecule has 1 aromatic carbocycles. The molecule has 0 aliphatic carbocycles. The van der Waals surface area contributed by atoms with Gasteiger partial charge in [0, 0.05) is 6.54 Å². The predicted molar refractivity (Wildman–Crippen MR) is 93.0 cm³/mol. The summed E-state index contributed by atoms with van der Waals surface area (Å²) in [5.74, 6) is 0.494. The van der Waals surface area contributed by atoms with E-state index in [1.807, 2.05) is 18.2 Å². The highest BCUT2D eigenvalue weighted by Crippen LogP contribution is 2.25. The summed E-state index contributed by atoms with van der Waals surface area (Å²) in [5.41, 5.74) is 0.895. The van der Waals surface area contributed by atoms with E-state index in [9.17, 15) is 9.90 Å². The van der Waals surface area contributed by atoms with Gasteiger partial charge in [0.25, 0.3) is 5.91 Å². The molecule has 23 heavy (non-hydrogen) atoms. The minimum absolute atomic E-state index is 0.160. The van der Waals surface area contributed by atoms with E-state index in [4.69, 9.17) is 0 Å². The van der Waals surface area contributed by atoms with E-state index in [1.165, 1.54) is 24.2 Å². The average Bonchev–Trinajstić information content (AvgIpc) is 2.56. The van der Waals surface area contributed by atoms with Crippen molar-refractivity contribution in [1.82, 2.24) is 5.32 Å². The molecular formula is C18H30N3O2+. The zero-order valence-electron chi connectivity index (χ0n) is 14.2. The maximum atomic E-state index is 12.0. The molecule has 1 aliphatic rings. The monoisotopic (exact) mass is 320 g/mol. The lowest BCUT2D eigenvalue weighted by molar-refractivity contribution is -0.892. The molecule has 2 rings (SSSR count). The molecule has 1 fully saturated rings. The number of hydrogen-bond donors (Lipinski definition) is 3. The Labute approximate surface area is 139 Å². The molecule has 1 saturated heterocycles. The summed E-state index contributed by atoms with van der Waals surface area (Å²) >= 11 is 0. The molecule has 1 aromatic rings. The Morgan fingerprint density at radius 2 is 1.96 bits per heavy atom. The Morgan fingerprint density at radius 1 is 1.22 bits per heavy atom. The molecule has 0 unspecified atom stereocenters. The van der Waals surface area contributed by atoms with Gasteiger partial charge in [-0.1, -0.05) is 38.3 Å². The van der Waals surface area contributed by atoms with Gasteiger partial charge in [0.1, 0.15) is 5.75 Å². The van der Waals surface area contributed by atoms with Crippen LogP contribution in [-0.2, 0) is 4.79 Å². The Kier molecular flexibility index (Phi) is 7.20. The van der Waals surface area contributed by atoms with E-state index < -0.39 is 0 Å². The molecule has 128 valence electrons. The SMILES string of the molecule is CCCCCCNC(=O)C[NH+]1CCN(c2ccccc2O)CC1. The van der Waals surface area contributed by atoms with E-state index in [-0.39, 0.29) is 5.91 Å². The van der Waals surface area contributed by atoms with E-state index in [2.05, 4.69) is 17.1 Å². The van der Waals surface area contributed by atoms with Crippen molar-refractivity contribution in [2.45, 2.75) is 32.6 Å². The summed E-state index contributed by atoms with van der Waals surface area (Å²) in [6, 6.07) is 7.45. The van der Waals surface area contributed by atoms with Crippen molar-refractivity contribution in [3.8, 4) is 5.75 Å². The van der Waals surface area contributed by atoms with Crippen molar-refractivity contribution in [3.63, 3.8) is 0 Å². The molecule has 0 bridgehead atoms. The van der Waals surface area contributed by atoms with Crippen LogP contribution >= 0.6 is 0 Å². The van der Waals surface area contributed by atoms with Gasteiger partial charge in [0.05, 0.1) is 31.9 Å². The van der Waals surface area contributed by atoms with Crippen LogP contribution in [0.15, 0.2) is 24.3 Å². The number of anilines is 1. The van der Waals surface area contributed by atoms with Crippen LogP contribution in [0.3, 0.4) is 0 Å². The first-order valence-electron chi connectivity index (χ1n) is 8.84. The van der Waals surface area contributed by atoms with E-state index in [0.29, 0.717) is 12.3 Å². The number of carbonyl (C=O) groups excluding carboxylic acids is 1. The van der Waals surface area contributed by atoms with Crippen LogP contribution in [0, 0.1) is 0 Å². The van der Waals surface area contributed by atoms with Gasteiger partial charge in [-0.2, -0.15) is 0 Å². The Hall–Kier alpha value is -1.75. The van der Waals surface area contributed by atoms with Crippen molar-refractivity contribution < 1.29 is 14.8 Å². The van der Waals surface area contributed by atoms with Crippen LogP contribution < -0.4 is 15.1 Å². The number of hydrogen-bond acceptors (Lipinski definition) is 3. The predicted octanol–water partition coefficient (Wildman–Crippen LogP) is 0.794. The second kappa shape index (κ2) is 9.40. The van der Waals surface area contributed by atoms with Gasteiger partial charge in [0.2, 0.25) is 0 Å². The largest absolute Gasteiger partial charge is 0.506 e. The lowest BCUT2D eigenvalue weighted by Crippen LogP contribution is -3.15. The zero-order valence-corrected chi connectivity index (χ0v) is 14.2. The molecule has 5 nitrogen and oxygen atoms in total. The number of phenols is 1. The fourth-order valence-electron chi connectivity index (χ4n) is 3.04. The zero-order chi connectivity index (χ0) is 16.5. The molecule has 0 saturated carbocycles. The molecule has 3 N–H and O–H groups in total. The van der Waals surface area contributed by atoms with Gasteiger partial charge in [-0.15, -0.1) is 0 Å². The first kappa shape index (κ1) is 17.6. The van der Waals surface area contributed by atoms with Gasteiger partial charge in [-0.3, -0.25) is 4.79 Å². The smallest absolute Gasteiger partial charge is 0.275 e. The summed E-state index contributed by atoms with van der Waals surface area (Å²) in [5, 5.41) is 12.9. The standard InChI is InChI=1S/C18H29N3O2/c1-2-3-4-7-10-19-18(23)15-20-11-13-21(14-12-20)16-8-5-6-9-17(16)22/h5-6,8-9,22H,2-4,7,10-15H2,1H3,(H,19,23)/p+1. The number of rotatable bonds is 8. The quantitative estimate of drug-likeness (QED) is 0.621. The van der Waals surface area contributed by atoms with Crippen LogP contribution in [-0.4, -0.2) is 50.3 Å². The molecule has 0 atom stereocenters. The van der Waals surface area contributed by atoms with Crippen molar-refractivity contribution in [2.24, 2.45) is 0 Å². The van der Waals surface area contributed by atoms with Crippen molar-refractivity contribution in [1.29, 1.82) is 0 Å². The third-order valence-electron chi connectivity index (χ3n) is 4.46. The van der Waals surface area contributed by atoms with Gasteiger partial charge in [-0.25, -0.2) is 0 Å². The maximum Gasteiger partial charge on any atom is 0.275 e. The van der Waals surface area contributed by atoms with E-state index in [0.717, 1.165) is 44.8 Å². The summed E-state index contributed by atoms with van der Waals surface area (Å²) < 4.78 is 0. The Morgan fingerprint density at radius 3 is 2.65 bits per heavy atom. The van der Waals surface area contributed by atoms with Crippen LogP contribution in [0.1, 0.15) is 32.6 Å². The number of para-hydroxylation sites is 2. The number of quaternary nitrogens is 1. The highest BCUT2D eigenvalue weighted by atomic mass is 16.3. The maximum absolute atomic E-state index is 12.0. The van der Waals surface area contributed by atoms with Crippen molar-refractivity contribution >= 4 is 11.6 Å². The molecule has 5 heteroatoms. The number of piperazine rings is 1. The van der Waals surface area contributed by atoms with Gasteiger partial charge in [0.15, 0.2) is 6.54 Å².